The van der Waals surface area contributed by atoms with Crippen molar-refractivity contribution in [2.24, 2.45) is 0 Å². The lowest BCUT2D eigenvalue weighted by Gasteiger charge is -2.12. The predicted octanol–water partition coefficient (Wildman–Crippen LogP) is 3.00. The zero-order chi connectivity index (χ0) is 20.4. The van der Waals surface area contributed by atoms with Crippen LogP contribution in [0, 0.1) is 11.3 Å². The zero-order valence-electron chi connectivity index (χ0n) is 14.1. The number of hydrogen-bond donors (Lipinski definition) is 2. The number of halogens is 1. The summed E-state index contributed by atoms with van der Waals surface area (Å²) in [5.74, 6) is -2.28. The van der Waals surface area contributed by atoms with Crippen molar-refractivity contribution in [1.29, 1.82) is 5.26 Å². The number of ketones is 1. The van der Waals surface area contributed by atoms with Gasteiger partial charge in [-0.25, -0.2) is 4.79 Å². The van der Waals surface area contributed by atoms with E-state index in [1.807, 2.05) is 0 Å². The molecule has 0 saturated carbocycles. The molecule has 0 bridgehead atoms. The zero-order valence-corrected chi connectivity index (χ0v) is 14.8. The Hall–Kier alpha value is -3.89. The highest BCUT2D eigenvalue weighted by molar-refractivity contribution is 6.31. The smallest absolute Gasteiger partial charge is 0.337 e. The minimum atomic E-state index is -1.27. The van der Waals surface area contributed by atoms with Gasteiger partial charge in [-0.05, 0) is 36.4 Å². The molecule has 7 nitrogen and oxygen atoms in total. The summed E-state index contributed by atoms with van der Waals surface area (Å²) in [7, 11) is 0. The monoisotopic (exact) mass is 394 g/mol. The molecule has 0 saturated heterocycles. The summed E-state index contributed by atoms with van der Waals surface area (Å²) >= 11 is 5.88. The van der Waals surface area contributed by atoms with Crippen molar-refractivity contribution >= 4 is 23.4 Å². The average Bonchev–Trinajstić information content (AvgIpc) is 2.69. The minimum absolute atomic E-state index is 0.00136. The van der Waals surface area contributed by atoms with E-state index >= 15 is 0 Å². The Kier molecular flexibility index (Phi) is 4.98. The lowest BCUT2D eigenvalue weighted by Crippen LogP contribution is -2.24. The highest BCUT2D eigenvalue weighted by atomic mass is 35.5. The average molecular weight is 395 g/mol. The lowest BCUT2D eigenvalue weighted by atomic mass is 10.0. The molecule has 28 heavy (non-hydrogen) atoms. The first-order valence-corrected chi connectivity index (χ1v) is 8.24. The van der Waals surface area contributed by atoms with E-state index in [-0.39, 0.29) is 38.7 Å². The number of pyridine rings is 1. The van der Waals surface area contributed by atoms with E-state index in [0.29, 0.717) is 0 Å². The molecule has 8 heteroatoms. The van der Waals surface area contributed by atoms with Crippen molar-refractivity contribution in [2.45, 2.75) is 0 Å². The van der Waals surface area contributed by atoms with Gasteiger partial charge in [0.25, 0.3) is 5.56 Å². The molecule has 138 valence electrons. The highest BCUT2D eigenvalue weighted by Crippen LogP contribution is 2.25. The molecule has 0 aliphatic rings. The molecule has 2 aromatic carbocycles. The Morgan fingerprint density at radius 3 is 2.46 bits per heavy atom. The SMILES string of the molecule is N#Cc1cc(C(=O)c2cc(Cl)ccc2O)cn(-c2ccccc2C(=O)O)c1=O. The van der Waals surface area contributed by atoms with Gasteiger partial charge in [0.05, 0.1) is 16.8 Å². The largest absolute Gasteiger partial charge is 0.507 e. The van der Waals surface area contributed by atoms with E-state index in [2.05, 4.69) is 0 Å². The first-order valence-electron chi connectivity index (χ1n) is 7.86. The van der Waals surface area contributed by atoms with E-state index < -0.39 is 17.3 Å². The quantitative estimate of drug-likeness (QED) is 0.656. The van der Waals surface area contributed by atoms with Crippen LogP contribution in [0.15, 0.2) is 59.5 Å². The molecular weight excluding hydrogens is 384 g/mol. The van der Waals surface area contributed by atoms with Gasteiger partial charge in [-0.2, -0.15) is 5.26 Å². The van der Waals surface area contributed by atoms with Crippen molar-refractivity contribution in [1.82, 2.24) is 4.57 Å². The van der Waals surface area contributed by atoms with Crippen LogP contribution in [0.3, 0.4) is 0 Å². The molecular formula is C20H11ClN2O5. The van der Waals surface area contributed by atoms with E-state index in [1.165, 1.54) is 42.5 Å². The molecule has 0 radical (unpaired) electrons. The number of hydrogen-bond acceptors (Lipinski definition) is 5. The fraction of sp³-hybridized carbons (Fsp3) is 0. The van der Waals surface area contributed by atoms with Gasteiger partial charge in [-0.1, -0.05) is 23.7 Å². The van der Waals surface area contributed by atoms with Crippen LogP contribution in [0.2, 0.25) is 5.02 Å². The van der Waals surface area contributed by atoms with Crippen molar-refractivity contribution in [3.05, 3.63) is 92.4 Å². The summed E-state index contributed by atoms with van der Waals surface area (Å²) in [4.78, 5) is 36.9. The van der Waals surface area contributed by atoms with Crippen LogP contribution < -0.4 is 5.56 Å². The second-order valence-corrected chi connectivity index (χ2v) is 6.18. The number of carbonyl (C=O) groups is 2. The van der Waals surface area contributed by atoms with Crippen LogP contribution in [0.1, 0.15) is 31.8 Å². The molecule has 0 atom stereocenters. The van der Waals surface area contributed by atoms with Crippen molar-refractivity contribution < 1.29 is 19.8 Å². The Balaban J connectivity index is 2.27. The van der Waals surface area contributed by atoms with Crippen LogP contribution in [-0.4, -0.2) is 26.5 Å². The molecule has 0 unspecified atom stereocenters. The highest BCUT2D eigenvalue weighted by Gasteiger charge is 2.20. The fourth-order valence-electron chi connectivity index (χ4n) is 2.68. The molecule has 0 aliphatic heterocycles. The fourth-order valence-corrected chi connectivity index (χ4v) is 2.85. The molecule has 2 N–H and O–H groups in total. The van der Waals surface area contributed by atoms with Crippen LogP contribution in [0.5, 0.6) is 5.75 Å². The van der Waals surface area contributed by atoms with Gasteiger partial charge in [-0.15, -0.1) is 0 Å². The maximum Gasteiger partial charge on any atom is 0.337 e. The predicted molar refractivity (Wildman–Crippen MR) is 100 cm³/mol. The number of aromatic nitrogens is 1. The second-order valence-electron chi connectivity index (χ2n) is 5.74. The first kappa shape index (κ1) is 18.9. The number of nitrogens with zero attached hydrogens (tertiary/aromatic N) is 2. The van der Waals surface area contributed by atoms with E-state index in [0.717, 1.165) is 16.8 Å². The Bertz CT molecular complexity index is 1220. The van der Waals surface area contributed by atoms with E-state index in [4.69, 9.17) is 11.6 Å². The number of nitriles is 1. The third-order valence-electron chi connectivity index (χ3n) is 4.00. The maximum atomic E-state index is 12.8. The molecule has 3 rings (SSSR count). The summed E-state index contributed by atoms with van der Waals surface area (Å²) in [6, 6.07) is 12.4. The molecule has 1 aromatic heterocycles. The Morgan fingerprint density at radius 2 is 1.79 bits per heavy atom. The van der Waals surface area contributed by atoms with Gasteiger partial charge in [0, 0.05) is 16.8 Å². The van der Waals surface area contributed by atoms with Crippen LogP contribution in [0.25, 0.3) is 5.69 Å². The van der Waals surface area contributed by atoms with Gasteiger partial charge in [0.2, 0.25) is 0 Å². The third kappa shape index (κ3) is 3.37. The molecule has 0 fully saturated rings. The van der Waals surface area contributed by atoms with Gasteiger partial charge in [-0.3, -0.25) is 14.2 Å². The summed E-state index contributed by atoms with van der Waals surface area (Å²) < 4.78 is 0.927. The Morgan fingerprint density at radius 1 is 1.07 bits per heavy atom. The van der Waals surface area contributed by atoms with E-state index in [9.17, 15) is 29.9 Å². The number of phenols is 1. The Labute approximate surface area is 163 Å². The van der Waals surface area contributed by atoms with Crippen LogP contribution in [0.4, 0.5) is 0 Å². The standard InChI is InChI=1S/C20H11ClN2O5/c21-13-5-6-17(24)15(8-13)18(25)12-7-11(9-22)19(26)23(10-12)16-4-2-1-3-14(16)20(27)28/h1-8,10,24H,(H,27,28). The number of benzene rings is 2. The number of carboxylic acids is 1. The summed E-state index contributed by atoms with van der Waals surface area (Å²) in [5, 5.41) is 28.8. The summed E-state index contributed by atoms with van der Waals surface area (Å²) in [6.45, 7) is 0. The molecule has 0 aliphatic carbocycles. The van der Waals surface area contributed by atoms with Crippen LogP contribution >= 0.6 is 11.6 Å². The first-order chi connectivity index (χ1) is 13.3. The molecule has 0 spiro atoms. The number of phenolic OH excluding ortho intramolecular Hbond substituents is 1. The van der Waals surface area contributed by atoms with Crippen molar-refractivity contribution in [3.63, 3.8) is 0 Å². The molecule has 1 heterocycles. The van der Waals surface area contributed by atoms with Gasteiger partial charge >= 0.3 is 5.97 Å². The van der Waals surface area contributed by atoms with Gasteiger partial charge < -0.3 is 10.2 Å². The second kappa shape index (κ2) is 7.39. The number of para-hydroxylation sites is 1. The molecule has 0 amide bonds. The summed E-state index contributed by atoms with van der Waals surface area (Å²) in [6.07, 6.45) is 1.13. The number of carboxylic acid groups (broad SMARTS) is 1. The van der Waals surface area contributed by atoms with Crippen molar-refractivity contribution in [3.8, 4) is 17.5 Å². The third-order valence-corrected chi connectivity index (χ3v) is 4.23. The topological polar surface area (TPSA) is 120 Å². The number of aromatic carboxylic acids is 1. The summed E-state index contributed by atoms with van der Waals surface area (Å²) in [5.41, 5.74) is -1.51. The maximum absolute atomic E-state index is 12.8. The number of carbonyl (C=O) groups excluding carboxylic acids is 1. The van der Waals surface area contributed by atoms with Crippen molar-refractivity contribution in [2.75, 3.05) is 0 Å². The number of aromatic hydroxyl groups is 1. The van der Waals surface area contributed by atoms with Crippen LogP contribution in [-0.2, 0) is 0 Å². The molecule has 3 aromatic rings. The van der Waals surface area contributed by atoms with Gasteiger partial charge in [0.1, 0.15) is 17.4 Å². The van der Waals surface area contributed by atoms with Gasteiger partial charge in [0.15, 0.2) is 5.78 Å². The lowest BCUT2D eigenvalue weighted by molar-refractivity contribution is 0.0696. The number of rotatable bonds is 4. The minimum Gasteiger partial charge on any atom is -0.507 e. The van der Waals surface area contributed by atoms with E-state index in [1.54, 1.807) is 6.07 Å². The normalized spacial score (nSPS) is 10.3.